The lowest BCUT2D eigenvalue weighted by molar-refractivity contribution is -0.143. The maximum atomic E-state index is 13.0. The van der Waals surface area contributed by atoms with Crippen LogP contribution in [0.25, 0.3) is 0 Å². The Bertz CT molecular complexity index is 1330. The molecule has 17 N–H and O–H groups in total. The molecule has 0 aliphatic carbocycles. The van der Waals surface area contributed by atoms with Gasteiger partial charge in [-0.2, -0.15) is 12.6 Å². The van der Waals surface area contributed by atoms with Gasteiger partial charge < -0.3 is 70.2 Å². The van der Waals surface area contributed by atoms with E-state index in [1.807, 2.05) is 0 Å². The molecule has 300 valence electrons. The Kier molecular flexibility index (Phi) is 23.1. The summed E-state index contributed by atoms with van der Waals surface area (Å²) in [5, 5.41) is 40.9. The first-order chi connectivity index (χ1) is 24.8. The molecule has 0 saturated carbocycles. The third-order valence-corrected chi connectivity index (χ3v) is 7.53. The van der Waals surface area contributed by atoms with Gasteiger partial charge in [0.15, 0.2) is 5.96 Å². The Labute approximate surface area is 310 Å². The summed E-state index contributed by atoms with van der Waals surface area (Å²) < 4.78 is 0. The van der Waals surface area contributed by atoms with Crippen LogP contribution in [0.2, 0.25) is 0 Å². The molecule has 0 saturated heterocycles. The van der Waals surface area contributed by atoms with E-state index in [0.29, 0.717) is 25.8 Å². The SMILES string of the molecule is C[C@H](NC(=O)[C@H](CC(=O)O)NC(=O)CNC(=O)[C@H](CCCN=C(N)N)NC(=O)[C@@H](N)CCCCN)C(=O)N[C@@H](CS)C(=O)N[C@@H](CCC(=O)O)C(=O)O. The van der Waals surface area contributed by atoms with E-state index in [4.69, 9.17) is 28.0 Å². The van der Waals surface area contributed by atoms with Gasteiger partial charge in [-0.15, -0.1) is 0 Å². The van der Waals surface area contributed by atoms with E-state index in [0.717, 1.165) is 0 Å². The zero-order chi connectivity index (χ0) is 40.7. The number of aliphatic carboxylic acids is 3. The number of aliphatic imine (C=N–C) groups is 1. The van der Waals surface area contributed by atoms with Gasteiger partial charge in [0.25, 0.3) is 0 Å². The maximum Gasteiger partial charge on any atom is 0.326 e. The summed E-state index contributed by atoms with van der Waals surface area (Å²) in [5.74, 6) is -10.4. The zero-order valence-corrected chi connectivity index (χ0v) is 30.1. The van der Waals surface area contributed by atoms with Crippen LogP contribution in [0.5, 0.6) is 0 Å². The van der Waals surface area contributed by atoms with Crippen molar-refractivity contribution in [3.63, 3.8) is 0 Å². The number of carboxylic acid groups (broad SMARTS) is 3. The Morgan fingerprint density at radius 1 is 0.679 bits per heavy atom. The van der Waals surface area contributed by atoms with Crippen molar-refractivity contribution < 1.29 is 58.5 Å². The fraction of sp³-hybridized carbons (Fsp3) is 0.655. The lowest BCUT2D eigenvalue weighted by Gasteiger charge is -2.23. The number of amides is 6. The zero-order valence-electron chi connectivity index (χ0n) is 29.2. The summed E-state index contributed by atoms with van der Waals surface area (Å²) in [7, 11) is 0. The number of thiol groups is 1. The summed E-state index contributed by atoms with van der Waals surface area (Å²) in [6.45, 7) is 0.933. The monoisotopic (exact) mass is 777 g/mol. The summed E-state index contributed by atoms with van der Waals surface area (Å²) >= 11 is 3.96. The highest BCUT2D eigenvalue weighted by Gasteiger charge is 2.31. The average Bonchev–Trinajstić information content (AvgIpc) is 3.07. The van der Waals surface area contributed by atoms with Crippen molar-refractivity contribution in [3.05, 3.63) is 0 Å². The molecule has 0 unspecified atom stereocenters. The van der Waals surface area contributed by atoms with E-state index in [9.17, 15) is 53.4 Å². The number of hydrogen-bond donors (Lipinski definition) is 14. The van der Waals surface area contributed by atoms with Crippen LogP contribution < -0.4 is 54.8 Å². The average molecular weight is 778 g/mol. The third-order valence-electron chi connectivity index (χ3n) is 7.17. The number of nitrogens with two attached hydrogens (primary N) is 4. The van der Waals surface area contributed by atoms with Crippen LogP contribution in [-0.2, 0) is 43.2 Å². The minimum Gasteiger partial charge on any atom is -0.481 e. The minimum absolute atomic E-state index is 0.0378. The molecule has 0 aromatic heterocycles. The van der Waals surface area contributed by atoms with Crippen LogP contribution in [-0.4, -0.2) is 136 Å². The van der Waals surface area contributed by atoms with Crippen molar-refractivity contribution in [2.45, 2.75) is 94.5 Å². The van der Waals surface area contributed by atoms with Crippen molar-refractivity contribution in [2.75, 3.05) is 25.4 Å². The second-order valence-electron chi connectivity index (χ2n) is 11.6. The standard InChI is InChI=1S/C29H51N11O12S/c1-14(23(46)40-19(13-53)27(50)39-17(28(51)52)7-8-21(42)43)36-26(49)18(11-22(44)45)37-20(41)12-35-25(48)16(6-4-10-34-29(32)33)38-24(47)15(31)5-2-3-9-30/h14-19,53H,2-13,30-31H2,1H3,(H,35,48)(H,36,49)(H,37,41)(H,38,47)(H,39,50)(H,40,46)(H,42,43)(H,44,45)(H,51,52)(H4,32,33,34)/t14-,15-,16-,17-,18-,19-/m0/s1. The number of carbonyl (C=O) groups excluding carboxylic acids is 6. The van der Waals surface area contributed by atoms with E-state index in [-0.39, 0.29) is 31.1 Å². The van der Waals surface area contributed by atoms with Crippen molar-refractivity contribution in [3.8, 4) is 0 Å². The molecule has 0 fully saturated rings. The molecule has 0 rings (SSSR count). The number of nitrogens with one attached hydrogen (secondary N) is 6. The van der Waals surface area contributed by atoms with Crippen LogP contribution >= 0.6 is 12.6 Å². The lowest BCUT2D eigenvalue weighted by Crippen LogP contribution is -2.58. The fourth-order valence-electron chi connectivity index (χ4n) is 4.28. The van der Waals surface area contributed by atoms with Gasteiger partial charge in [-0.05, 0) is 45.6 Å². The molecule has 6 amide bonds. The quantitative estimate of drug-likeness (QED) is 0.0160. The second kappa shape index (κ2) is 25.7. The van der Waals surface area contributed by atoms with Crippen LogP contribution in [0.15, 0.2) is 4.99 Å². The number of nitrogens with zero attached hydrogens (tertiary/aromatic N) is 1. The summed E-state index contributed by atoms with van der Waals surface area (Å²) in [6.07, 6.45) is -0.168. The molecule has 0 radical (unpaired) electrons. The number of hydrogen-bond acceptors (Lipinski definition) is 13. The highest BCUT2D eigenvalue weighted by atomic mass is 32.1. The van der Waals surface area contributed by atoms with Crippen LogP contribution in [0.4, 0.5) is 0 Å². The van der Waals surface area contributed by atoms with Gasteiger partial charge in [0.1, 0.15) is 30.2 Å². The maximum absolute atomic E-state index is 13.0. The Morgan fingerprint density at radius 2 is 1.28 bits per heavy atom. The van der Waals surface area contributed by atoms with E-state index < -0.39 is 115 Å². The molecule has 53 heavy (non-hydrogen) atoms. The van der Waals surface area contributed by atoms with E-state index in [2.05, 4.69) is 49.5 Å². The largest absolute Gasteiger partial charge is 0.481 e. The number of unbranched alkanes of at least 4 members (excludes halogenated alkanes) is 1. The number of rotatable bonds is 27. The molecule has 0 aliphatic rings. The van der Waals surface area contributed by atoms with Gasteiger partial charge in [-0.25, -0.2) is 4.79 Å². The highest BCUT2D eigenvalue weighted by molar-refractivity contribution is 7.80. The Balaban J connectivity index is 5.47. The van der Waals surface area contributed by atoms with Crippen molar-refractivity contribution in [1.82, 2.24) is 31.9 Å². The topological polar surface area (TPSA) is 403 Å². The molecular weight excluding hydrogens is 726 g/mol. The molecular formula is C29H51N11O12S. The summed E-state index contributed by atoms with van der Waals surface area (Å²) in [6, 6.07) is -8.32. The summed E-state index contributed by atoms with van der Waals surface area (Å²) in [4.78, 5) is 114. The first-order valence-corrected chi connectivity index (χ1v) is 17.0. The van der Waals surface area contributed by atoms with E-state index in [1.54, 1.807) is 0 Å². The van der Waals surface area contributed by atoms with Crippen LogP contribution in [0, 0.1) is 0 Å². The predicted octanol–water partition coefficient (Wildman–Crippen LogP) is -5.59. The molecule has 0 heterocycles. The fourth-order valence-corrected chi connectivity index (χ4v) is 4.54. The molecule has 0 bridgehead atoms. The van der Waals surface area contributed by atoms with Crippen LogP contribution in [0.1, 0.15) is 58.3 Å². The molecule has 0 aromatic carbocycles. The van der Waals surface area contributed by atoms with Gasteiger partial charge >= 0.3 is 17.9 Å². The van der Waals surface area contributed by atoms with E-state index >= 15 is 0 Å². The number of guanidine groups is 1. The highest BCUT2D eigenvalue weighted by Crippen LogP contribution is 2.04. The number of carbonyl (C=O) groups is 9. The van der Waals surface area contributed by atoms with Crippen molar-refractivity contribution in [1.29, 1.82) is 0 Å². The van der Waals surface area contributed by atoms with Gasteiger partial charge in [0.05, 0.1) is 19.0 Å². The van der Waals surface area contributed by atoms with Gasteiger partial charge in [0.2, 0.25) is 35.4 Å². The molecule has 24 heteroatoms. The van der Waals surface area contributed by atoms with Crippen molar-refractivity contribution in [2.24, 2.45) is 27.9 Å². The molecule has 0 aliphatic heterocycles. The van der Waals surface area contributed by atoms with Gasteiger partial charge in [-0.1, -0.05) is 6.42 Å². The minimum atomic E-state index is -1.75. The predicted molar refractivity (Wildman–Crippen MR) is 190 cm³/mol. The number of carboxylic acids is 3. The Morgan fingerprint density at radius 3 is 1.83 bits per heavy atom. The first-order valence-electron chi connectivity index (χ1n) is 16.4. The van der Waals surface area contributed by atoms with Gasteiger partial charge in [-0.3, -0.25) is 43.3 Å². The summed E-state index contributed by atoms with van der Waals surface area (Å²) in [5.41, 5.74) is 22.0. The smallest absolute Gasteiger partial charge is 0.326 e. The normalized spacial score (nSPS) is 14.0. The molecule has 0 spiro atoms. The lowest BCUT2D eigenvalue weighted by atomic mass is 10.1. The van der Waals surface area contributed by atoms with Crippen molar-refractivity contribution >= 4 is 71.9 Å². The molecule has 23 nitrogen and oxygen atoms in total. The molecule has 6 atom stereocenters. The van der Waals surface area contributed by atoms with E-state index in [1.165, 1.54) is 6.92 Å². The second-order valence-corrected chi connectivity index (χ2v) is 12.0. The Hall–Kier alpha value is -5.23. The molecule has 0 aromatic rings. The van der Waals surface area contributed by atoms with Crippen LogP contribution in [0.3, 0.4) is 0 Å². The first kappa shape index (κ1) is 47.8. The van der Waals surface area contributed by atoms with Gasteiger partial charge in [0, 0.05) is 18.7 Å². The third kappa shape index (κ3) is 21.0.